The van der Waals surface area contributed by atoms with Crippen LogP contribution in [-0.2, 0) is 65.0 Å². The highest BCUT2D eigenvalue weighted by molar-refractivity contribution is 8.00. The van der Waals surface area contributed by atoms with Gasteiger partial charge in [-0.25, -0.2) is 4.79 Å². The van der Waals surface area contributed by atoms with Crippen LogP contribution in [0.25, 0.3) is 0 Å². The van der Waals surface area contributed by atoms with E-state index in [1.54, 1.807) is 24.3 Å². The van der Waals surface area contributed by atoms with Crippen molar-refractivity contribution in [1.29, 1.82) is 0 Å². The minimum Gasteiger partial charge on any atom is -0.377 e. The van der Waals surface area contributed by atoms with E-state index < -0.39 is 46.9 Å². The first-order valence-corrected chi connectivity index (χ1v) is 31.0. The minimum absolute atomic E-state index is 0.00547. The Balaban J connectivity index is 0.905. The molecule has 2 aromatic carbocycles. The quantitative estimate of drug-likeness (QED) is 0.0175. The Morgan fingerprint density at radius 3 is 1.96 bits per heavy atom. The van der Waals surface area contributed by atoms with Crippen molar-refractivity contribution in [2.75, 3.05) is 82.2 Å². The molecule has 4 aliphatic heterocycles. The number of carbonyl (C=O) groups excluding carboxylic acids is 3. The van der Waals surface area contributed by atoms with Crippen LogP contribution in [0.2, 0.25) is 0 Å². The predicted molar refractivity (Wildman–Crippen MR) is 289 cm³/mol. The molecule has 4 amide bonds. The van der Waals surface area contributed by atoms with Gasteiger partial charge in [0.15, 0.2) is 5.71 Å². The lowest BCUT2D eigenvalue weighted by Gasteiger charge is -2.27. The zero-order valence-corrected chi connectivity index (χ0v) is 46.8. The van der Waals surface area contributed by atoms with E-state index in [2.05, 4.69) is 26.2 Å². The summed E-state index contributed by atoms with van der Waals surface area (Å²) in [6, 6.07) is 9.01. The molecule has 2 saturated heterocycles. The zero-order chi connectivity index (χ0) is 55.3. The van der Waals surface area contributed by atoms with Crippen molar-refractivity contribution >= 4 is 77.0 Å². The number of ether oxygens (including phenoxy) is 3. The van der Waals surface area contributed by atoms with Gasteiger partial charge < -0.3 is 40.4 Å². The number of allylic oxidation sites excluding steroid dienone is 6. The van der Waals surface area contributed by atoms with E-state index in [0.29, 0.717) is 106 Å². The normalized spacial score (nSPS) is 20.4. The van der Waals surface area contributed by atoms with Crippen molar-refractivity contribution in [3.8, 4) is 0 Å². The van der Waals surface area contributed by atoms with Crippen LogP contribution in [0.4, 0.5) is 16.2 Å². The van der Waals surface area contributed by atoms with Crippen LogP contribution in [0.1, 0.15) is 90.2 Å². The lowest BCUT2D eigenvalue weighted by molar-refractivity contribution is -0.437. The fourth-order valence-corrected chi connectivity index (χ4v) is 13.0. The molecule has 6 rings (SSSR count). The first-order valence-electron chi connectivity index (χ1n) is 25.5. The van der Waals surface area contributed by atoms with Crippen molar-refractivity contribution in [1.82, 2.24) is 21.3 Å². The van der Waals surface area contributed by atoms with Gasteiger partial charge in [-0.3, -0.25) is 23.2 Å². The number of nitrogens with zero attached hydrogens (tertiary/aromatic N) is 2. The number of hydrogen-bond acceptors (Lipinski definition) is 14. The van der Waals surface area contributed by atoms with E-state index in [-0.39, 0.29) is 59.1 Å². The lowest BCUT2D eigenvalue weighted by Crippen LogP contribution is -2.36. The van der Waals surface area contributed by atoms with Crippen LogP contribution in [0, 0.1) is 0 Å². The maximum Gasteiger partial charge on any atom is 0.315 e. The van der Waals surface area contributed by atoms with Gasteiger partial charge >= 0.3 is 6.03 Å². The lowest BCUT2D eigenvalue weighted by atomic mass is 9.81. The molecule has 2 fully saturated rings. The number of carbonyl (C=O) groups is 3. The Bertz CT molecular complexity index is 2890. The standard InChI is InChI=1S/C51H72N6O15S4/c1-50(2)38-33-36(75(64,65)66)18-20-41(38)56(44(50)14-6-5-7-15-45-51(3,4)39-34-37(76(67,68)69)19-21-42(39)57(45)25-12-32-74(61,62)63)24-11-10-17-47(59)53-23-27-71-29-31-72-30-28-70-26-22-52-46(58)16-9-8-13-43-48-40(35-73-43)54-49(60)55-48/h5-7,14-15,18-21,33-34,40,43,48H,8-13,16-17,22-32,35H2,1-4H3,(H6-,52,53,54,55,58,59,60,61,62,63,64,65,66,67,68,69)/p+1/t40-,43-,48-/m0/s1. The van der Waals surface area contributed by atoms with E-state index >= 15 is 0 Å². The average Bonchev–Trinajstić information content (AvgIpc) is 4.02. The molecule has 0 bridgehead atoms. The third kappa shape index (κ3) is 16.7. The van der Waals surface area contributed by atoms with Crippen LogP contribution < -0.4 is 26.2 Å². The highest BCUT2D eigenvalue weighted by Gasteiger charge is 2.46. The third-order valence-corrected chi connectivity index (χ3v) is 17.8. The largest absolute Gasteiger partial charge is 0.377 e. The molecule has 0 radical (unpaired) electrons. The molecule has 0 unspecified atom stereocenters. The smallest absolute Gasteiger partial charge is 0.315 e. The van der Waals surface area contributed by atoms with Gasteiger partial charge in [-0.1, -0.05) is 38.5 Å². The van der Waals surface area contributed by atoms with E-state index in [4.69, 9.17) is 14.2 Å². The molecule has 76 heavy (non-hydrogen) atoms. The Labute approximate surface area is 451 Å². The molecule has 7 N–H and O–H groups in total. The highest BCUT2D eigenvalue weighted by atomic mass is 32.2. The number of nitrogens with one attached hydrogen (secondary N) is 4. The number of unbranched alkanes of at least 4 members (excludes halogenated alkanes) is 2. The van der Waals surface area contributed by atoms with Crippen LogP contribution >= 0.6 is 11.8 Å². The van der Waals surface area contributed by atoms with E-state index in [9.17, 15) is 53.3 Å². The second-order valence-corrected chi connectivity index (χ2v) is 25.7. The number of rotatable bonds is 31. The summed E-state index contributed by atoms with van der Waals surface area (Å²) < 4.78 is 119. The Morgan fingerprint density at radius 1 is 0.750 bits per heavy atom. The van der Waals surface area contributed by atoms with E-state index in [0.717, 1.165) is 36.4 Å². The third-order valence-electron chi connectivity index (χ3n) is 13.8. The van der Waals surface area contributed by atoms with Gasteiger partial charge in [0, 0.05) is 84.4 Å². The van der Waals surface area contributed by atoms with Crippen molar-refractivity contribution < 1.29 is 72.1 Å². The number of hydrogen-bond donors (Lipinski definition) is 7. The van der Waals surface area contributed by atoms with Crippen molar-refractivity contribution in [2.24, 2.45) is 0 Å². The fourth-order valence-electron chi connectivity index (χ4n) is 9.95. The van der Waals surface area contributed by atoms with Crippen LogP contribution in [0.15, 0.2) is 82.3 Å². The minimum atomic E-state index is -4.51. The van der Waals surface area contributed by atoms with Gasteiger partial charge in [0.25, 0.3) is 30.4 Å². The van der Waals surface area contributed by atoms with Gasteiger partial charge in [0.1, 0.15) is 6.54 Å². The van der Waals surface area contributed by atoms with Crippen molar-refractivity contribution in [3.63, 3.8) is 0 Å². The van der Waals surface area contributed by atoms with E-state index in [1.807, 2.05) is 62.3 Å². The number of anilines is 1. The molecule has 0 aliphatic carbocycles. The maximum atomic E-state index is 12.7. The molecule has 3 atom stereocenters. The van der Waals surface area contributed by atoms with Crippen LogP contribution in [0.3, 0.4) is 0 Å². The number of urea groups is 1. The van der Waals surface area contributed by atoms with Crippen molar-refractivity contribution in [2.45, 2.75) is 117 Å². The molecule has 2 aromatic rings. The zero-order valence-electron chi connectivity index (χ0n) is 43.5. The molecular formula is C51H73N6O15S4+. The molecular weight excluding hydrogens is 1060 g/mol. The highest BCUT2D eigenvalue weighted by Crippen LogP contribution is 2.49. The summed E-state index contributed by atoms with van der Waals surface area (Å²) in [5.74, 6) is 0.311. The summed E-state index contributed by atoms with van der Waals surface area (Å²) in [7, 11) is -13.2. The number of fused-ring (bicyclic) bond motifs is 3. The van der Waals surface area contributed by atoms with E-state index in [1.165, 1.54) is 24.3 Å². The SMILES string of the molecule is CC1(C)C(/C=C/C=C/C=C2/N(CCCCC(=O)NCCOCCOCCOCCNC(=O)CCCC[C@@H]3SC[C@@H]4NC(=O)N[C@@H]43)c3ccc(S(=O)(=O)O)cc3C2(C)C)=[N+](CCCS(=O)(=O)O)c2ccc(S(=O)(=O)O)cc21. The average molecular weight is 1140 g/mol. The second-order valence-electron chi connectivity index (χ2n) is 20.0. The molecule has 0 saturated carbocycles. The van der Waals surface area contributed by atoms with Crippen LogP contribution in [-0.4, -0.2) is 162 Å². The predicted octanol–water partition coefficient (Wildman–Crippen LogP) is 4.81. The summed E-state index contributed by atoms with van der Waals surface area (Å²) in [4.78, 5) is 38.0. The summed E-state index contributed by atoms with van der Waals surface area (Å²) in [5, 5.41) is 12.1. The van der Waals surface area contributed by atoms with Gasteiger partial charge in [0.05, 0.1) is 72.7 Å². The molecule has 4 heterocycles. The van der Waals surface area contributed by atoms with Crippen LogP contribution in [0.5, 0.6) is 0 Å². The Hall–Kier alpha value is -4.70. The first kappa shape index (κ1) is 60.5. The number of amides is 4. The fraction of sp³-hybridized carbons (Fsp3) is 0.569. The summed E-state index contributed by atoms with van der Waals surface area (Å²) in [5.41, 5.74) is 2.72. The van der Waals surface area contributed by atoms with Gasteiger partial charge in [0.2, 0.25) is 17.5 Å². The monoisotopic (exact) mass is 1140 g/mol. The molecule has 0 aromatic heterocycles. The molecule has 4 aliphatic rings. The molecule has 0 spiro atoms. The van der Waals surface area contributed by atoms with Crippen molar-refractivity contribution in [3.05, 3.63) is 83.6 Å². The summed E-state index contributed by atoms with van der Waals surface area (Å²) in [6.45, 7) is 11.2. The topological polar surface area (TPSA) is 296 Å². The summed E-state index contributed by atoms with van der Waals surface area (Å²) in [6.07, 6.45) is 13.8. The first-order chi connectivity index (χ1) is 35.9. The van der Waals surface area contributed by atoms with Gasteiger partial charge in [-0.15, -0.1) is 0 Å². The Kier molecular flexibility index (Phi) is 21.3. The summed E-state index contributed by atoms with van der Waals surface area (Å²) >= 11 is 1.87. The number of benzene rings is 2. The molecule has 21 nitrogen and oxygen atoms in total. The van der Waals surface area contributed by atoms with Gasteiger partial charge in [-0.05, 0) is 81.5 Å². The molecule has 25 heteroatoms. The second kappa shape index (κ2) is 26.8. The maximum absolute atomic E-state index is 12.7. The van der Waals surface area contributed by atoms with Gasteiger partial charge in [-0.2, -0.15) is 41.6 Å². The number of thioether (sulfide) groups is 1. The molecule has 420 valence electrons. The Morgan fingerprint density at radius 2 is 1.34 bits per heavy atom.